The van der Waals surface area contributed by atoms with Crippen molar-refractivity contribution in [1.82, 2.24) is 15.3 Å². The maximum Gasteiger partial charge on any atom is 0.234 e. The van der Waals surface area contributed by atoms with Crippen LogP contribution in [0.4, 0.5) is 0 Å². The second kappa shape index (κ2) is 7.53. The number of amides is 1. The number of thioether (sulfide) groups is 1. The monoisotopic (exact) mass is 388 g/mol. The largest absolute Gasteiger partial charge is 0.337 e. The number of thiophene rings is 1. The fourth-order valence-corrected chi connectivity index (χ4v) is 5.27. The van der Waals surface area contributed by atoms with Crippen LogP contribution in [0.25, 0.3) is 10.2 Å². The summed E-state index contributed by atoms with van der Waals surface area (Å²) in [6, 6.07) is 2.23. The van der Waals surface area contributed by atoms with Crippen LogP contribution in [0.3, 0.4) is 0 Å². The molecule has 0 spiro atoms. The predicted molar refractivity (Wildman–Crippen MR) is 106 cm³/mol. The van der Waals surface area contributed by atoms with E-state index >= 15 is 0 Å². The highest BCUT2D eigenvalue weighted by Crippen LogP contribution is 2.40. The van der Waals surface area contributed by atoms with Gasteiger partial charge in [0.05, 0.1) is 11.3 Å². The van der Waals surface area contributed by atoms with Gasteiger partial charge in [0.15, 0.2) is 0 Å². The lowest BCUT2D eigenvalue weighted by atomic mass is 9.90. The highest BCUT2D eigenvalue weighted by atomic mass is 32.2. The van der Waals surface area contributed by atoms with Gasteiger partial charge in [0.25, 0.3) is 0 Å². The average Bonchev–Trinajstić information content (AvgIpc) is 3.00. The minimum absolute atomic E-state index is 0.0308. The van der Waals surface area contributed by atoms with Gasteiger partial charge in [0, 0.05) is 10.3 Å². The molecule has 0 saturated carbocycles. The number of aryl methyl sites for hydroxylation is 2. The Labute approximate surface area is 162 Å². The lowest BCUT2D eigenvalue weighted by Gasteiger charge is -2.28. The van der Waals surface area contributed by atoms with Crippen LogP contribution < -0.4 is 5.32 Å². The van der Waals surface area contributed by atoms with Crippen molar-refractivity contribution in [3.05, 3.63) is 16.8 Å². The molecule has 138 valence electrons. The molecule has 2 atom stereocenters. The molecule has 0 aliphatic heterocycles. The fourth-order valence-electron chi connectivity index (χ4n) is 3.03. The molecule has 1 amide bonds. The molecular weight excluding hydrogens is 364 g/mol. The van der Waals surface area contributed by atoms with E-state index in [4.69, 9.17) is 0 Å². The third-order valence-corrected chi connectivity index (χ3v) is 7.44. The van der Waals surface area contributed by atoms with E-state index in [0.717, 1.165) is 28.1 Å². The third-order valence-electron chi connectivity index (χ3n) is 5.14. The normalized spacial score (nSPS) is 17.4. The van der Waals surface area contributed by atoms with Gasteiger partial charge in [-0.25, -0.2) is 9.97 Å². The molecule has 0 aromatic carbocycles. The summed E-state index contributed by atoms with van der Waals surface area (Å²) < 4.78 is 0. The number of carbonyl (C=O) groups excluding carboxylic acids is 1. The summed E-state index contributed by atoms with van der Waals surface area (Å²) in [7, 11) is 0. The molecule has 26 heavy (non-hydrogen) atoms. The summed E-state index contributed by atoms with van der Waals surface area (Å²) in [6.45, 7) is 7.51. The summed E-state index contributed by atoms with van der Waals surface area (Å²) >= 11 is 3.21. The summed E-state index contributed by atoms with van der Waals surface area (Å²) in [4.78, 5) is 24.0. The zero-order valence-corrected chi connectivity index (χ0v) is 17.3. The van der Waals surface area contributed by atoms with Crippen molar-refractivity contribution in [2.24, 2.45) is 5.92 Å². The highest BCUT2D eigenvalue weighted by molar-refractivity contribution is 8.00. The van der Waals surface area contributed by atoms with Crippen LogP contribution in [0.15, 0.2) is 11.4 Å². The Morgan fingerprint density at radius 2 is 2.08 bits per heavy atom. The molecule has 0 unspecified atom stereocenters. The Balaban J connectivity index is 1.84. The van der Waals surface area contributed by atoms with Crippen LogP contribution in [0.2, 0.25) is 0 Å². The first kappa shape index (κ1) is 19.1. The van der Waals surface area contributed by atoms with Crippen molar-refractivity contribution >= 4 is 39.2 Å². The number of aromatic nitrogens is 2. The van der Waals surface area contributed by atoms with Crippen LogP contribution in [-0.2, 0) is 17.6 Å². The maximum absolute atomic E-state index is 12.7. The van der Waals surface area contributed by atoms with E-state index in [1.807, 2.05) is 20.8 Å². The lowest BCUT2D eigenvalue weighted by molar-refractivity contribution is -0.121. The van der Waals surface area contributed by atoms with E-state index < -0.39 is 5.54 Å². The van der Waals surface area contributed by atoms with Gasteiger partial charge in [-0.2, -0.15) is 5.26 Å². The summed E-state index contributed by atoms with van der Waals surface area (Å²) in [6.07, 6.45) is 6.20. The topological polar surface area (TPSA) is 78.7 Å². The van der Waals surface area contributed by atoms with Crippen molar-refractivity contribution in [2.45, 2.75) is 69.2 Å². The summed E-state index contributed by atoms with van der Waals surface area (Å²) in [5.41, 5.74) is 0.505. The Morgan fingerprint density at radius 1 is 1.35 bits per heavy atom. The Bertz CT molecular complexity index is 870. The number of carbonyl (C=O) groups is 1. The van der Waals surface area contributed by atoms with Gasteiger partial charge in [-0.1, -0.05) is 25.6 Å². The maximum atomic E-state index is 12.7. The number of hydrogen-bond donors (Lipinski definition) is 1. The second-order valence-corrected chi connectivity index (χ2v) is 9.70. The molecule has 3 rings (SSSR count). The number of nitriles is 1. The molecule has 1 N–H and O–H groups in total. The van der Waals surface area contributed by atoms with Gasteiger partial charge in [-0.3, -0.25) is 4.79 Å². The van der Waals surface area contributed by atoms with Gasteiger partial charge in [-0.15, -0.1) is 11.3 Å². The number of rotatable bonds is 5. The molecule has 1 aliphatic rings. The second-order valence-electron chi connectivity index (χ2n) is 7.29. The molecule has 0 fully saturated rings. The van der Waals surface area contributed by atoms with E-state index in [1.165, 1.54) is 35.0 Å². The Hall–Kier alpha value is -1.65. The van der Waals surface area contributed by atoms with Gasteiger partial charge < -0.3 is 5.32 Å². The minimum Gasteiger partial charge on any atom is -0.337 e. The van der Waals surface area contributed by atoms with E-state index in [-0.39, 0.29) is 17.1 Å². The van der Waals surface area contributed by atoms with Gasteiger partial charge in [0.1, 0.15) is 21.7 Å². The van der Waals surface area contributed by atoms with Crippen molar-refractivity contribution in [1.29, 1.82) is 5.26 Å². The van der Waals surface area contributed by atoms with E-state index in [1.54, 1.807) is 24.6 Å². The lowest BCUT2D eigenvalue weighted by Crippen LogP contribution is -2.51. The van der Waals surface area contributed by atoms with Crippen molar-refractivity contribution in [2.75, 3.05) is 0 Å². The standard InChI is InChI=1S/C19H24N4OS2/c1-11(2)19(4,9-20)23-16(24)12(3)25-17-15-13-7-5-6-8-14(13)26-18(15)22-10-21-17/h10-12H,5-8H2,1-4H3,(H,23,24)/t12-,19+/m0/s1. The van der Waals surface area contributed by atoms with Gasteiger partial charge in [0.2, 0.25) is 5.91 Å². The molecule has 0 bridgehead atoms. The fraction of sp³-hybridized carbons (Fsp3) is 0.579. The van der Waals surface area contributed by atoms with Crippen LogP contribution in [-0.4, -0.2) is 26.7 Å². The van der Waals surface area contributed by atoms with Crippen LogP contribution in [0.5, 0.6) is 0 Å². The van der Waals surface area contributed by atoms with Crippen LogP contribution in [0, 0.1) is 17.2 Å². The first-order valence-electron chi connectivity index (χ1n) is 9.01. The predicted octanol–water partition coefficient (Wildman–Crippen LogP) is 4.11. The molecule has 2 aromatic heterocycles. The van der Waals surface area contributed by atoms with Crippen molar-refractivity contribution in [3.63, 3.8) is 0 Å². The first-order chi connectivity index (χ1) is 12.4. The Kier molecular flexibility index (Phi) is 5.54. The summed E-state index contributed by atoms with van der Waals surface area (Å²) in [5.74, 6) is -0.105. The zero-order valence-electron chi connectivity index (χ0n) is 15.6. The number of nitrogens with zero attached hydrogens (tertiary/aromatic N) is 3. The highest BCUT2D eigenvalue weighted by Gasteiger charge is 2.32. The molecule has 0 radical (unpaired) electrons. The SMILES string of the molecule is CC(C)[C@@](C)(C#N)NC(=O)[C@H](C)Sc1ncnc2sc3c(c12)CCCC3. The van der Waals surface area contributed by atoms with Crippen molar-refractivity contribution < 1.29 is 4.79 Å². The molecule has 2 heterocycles. The number of hydrogen-bond acceptors (Lipinski definition) is 6. The van der Waals surface area contributed by atoms with E-state index in [2.05, 4.69) is 21.4 Å². The van der Waals surface area contributed by atoms with Gasteiger partial charge in [-0.05, 0) is 51.0 Å². The quantitative estimate of drug-likeness (QED) is 0.616. The van der Waals surface area contributed by atoms with Crippen LogP contribution >= 0.6 is 23.1 Å². The van der Waals surface area contributed by atoms with E-state index in [0.29, 0.717) is 0 Å². The zero-order chi connectivity index (χ0) is 18.9. The first-order valence-corrected chi connectivity index (χ1v) is 10.7. The van der Waals surface area contributed by atoms with Gasteiger partial charge >= 0.3 is 0 Å². The molecule has 5 nitrogen and oxygen atoms in total. The molecule has 1 aliphatic carbocycles. The third kappa shape index (κ3) is 3.58. The van der Waals surface area contributed by atoms with Crippen molar-refractivity contribution in [3.8, 4) is 6.07 Å². The number of nitrogens with one attached hydrogen (secondary N) is 1. The Morgan fingerprint density at radius 3 is 2.77 bits per heavy atom. The number of fused-ring (bicyclic) bond motifs is 3. The molecule has 7 heteroatoms. The molecule has 2 aromatic rings. The molecular formula is C19H24N4OS2. The average molecular weight is 389 g/mol. The smallest absolute Gasteiger partial charge is 0.234 e. The molecule has 0 saturated heterocycles. The van der Waals surface area contributed by atoms with Crippen LogP contribution in [0.1, 0.15) is 51.0 Å². The minimum atomic E-state index is -0.867. The summed E-state index contributed by atoms with van der Waals surface area (Å²) in [5, 5.41) is 14.0. The van der Waals surface area contributed by atoms with E-state index in [9.17, 15) is 10.1 Å².